The predicted molar refractivity (Wildman–Crippen MR) is 71.5 cm³/mol. The summed E-state index contributed by atoms with van der Waals surface area (Å²) < 4.78 is 13.0. The van der Waals surface area contributed by atoms with Gasteiger partial charge in [-0.25, -0.2) is 4.39 Å². The smallest absolute Gasteiger partial charge is 0.123 e. The molecule has 0 spiro atoms. The molecular weight excluding hydrogens is 213 g/mol. The van der Waals surface area contributed by atoms with E-state index in [2.05, 4.69) is 33.0 Å². The van der Waals surface area contributed by atoms with Crippen LogP contribution in [0.2, 0.25) is 0 Å². The lowest BCUT2D eigenvalue weighted by Crippen LogP contribution is -2.34. The van der Waals surface area contributed by atoms with Gasteiger partial charge in [-0.3, -0.25) is 0 Å². The largest absolute Gasteiger partial charge is 0.309 e. The molecule has 1 aromatic carbocycles. The molecule has 1 N–H and O–H groups in total. The molecule has 0 aromatic heterocycles. The molecule has 0 radical (unpaired) electrons. The second-order valence-corrected chi connectivity index (χ2v) is 5.28. The first-order valence-electron chi connectivity index (χ1n) is 6.50. The Morgan fingerprint density at radius 3 is 2.24 bits per heavy atom. The maximum absolute atomic E-state index is 13.0. The highest BCUT2D eigenvalue weighted by molar-refractivity contribution is 5.21. The van der Waals surface area contributed by atoms with Gasteiger partial charge < -0.3 is 5.32 Å². The third-order valence-electron chi connectivity index (χ3n) is 3.49. The summed E-state index contributed by atoms with van der Waals surface area (Å²) >= 11 is 0. The van der Waals surface area contributed by atoms with Crippen LogP contribution in [0.4, 0.5) is 4.39 Å². The molecule has 1 atom stereocenters. The predicted octanol–water partition coefficient (Wildman–Crippen LogP) is 4.30. The van der Waals surface area contributed by atoms with Crippen molar-refractivity contribution in [2.75, 3.05) is 6.54 Å². The van der Waals surface area contributed by atoms with Crippen LogP contribution in [0.3, 0.4) is 0 Å². The van der Waals surface area contributed by atoms with Crippen molar-refractivity contribution in [3.8, 4) is 0 Å². The van der Waals surface area contributed by atoms with E-state index in [-0.39, 0.29) is 17.3 Å². The van der Waals surface area contributed by atoms with Crippen molar-refractivity contribution < 1.29 is 4.39 Å². The van der Waals surface area contributed by atoms with Crippen LogP contribution in [-0.4, -0.2) is 6.54 Å². The van der Waals surface area contributed by atoms with E-state index in [1.165, 1.54) is 5.56 Å². The summed E-state index contributed by atoms with van der Waals surface area (Å²) in [5.41, 5.74) is 1.35. The van der Waals surface area contributed by atoms with Crippen molar-refractivity contribution in [2.45, 2.75) is 46.6 Å². The van der Waals surface area contributed by atoms with Crippen LogP contribution < -0.4 is 5.32 Å². The van der Waals surface area contributed by atoms with E-state index in [1.54, 1.807) is 12.1 Å². The lowest BCUT2D eigenvalue weighted by atomic mass is 9.78. The van der Waals surface area contributed by atoms with Crippen molar-refractivity contribution in [3.05, 3.63) is 35.6 Å². The normalized spacial score (nSPS) is 13.7. The van der Waals surface area contributed by atoms with Crippen LogP contribution >= 0.6 is 0 Å². The van der Waals surface area contributed by atoms with E-state index < -0.39 is 0 Å². The van der Waals surface area contributed by atoms with Gasteiger partial charge in [0.05, 0.1) is 0 Å². The number of hydrogen-bond donors (Lipinski definition) is 1. The molecule has 0 aliphatic heterocycles. The van der Waals surface area contributed by atoms with Crippen LogP contribution in [0.5, 0.6) is 0 Å². The molecule has 0 amide bonds. The van der Waals surface area contributed by atoms with Crippen LogP contribution in [0.25, 0.3) is 0 Å². The van der Waals surface area contributed by atoms with Crippen LogP contribution in [0.15, 0.2) is 24.3 Å². The SMILES string of the molecule is CCCNC(c1ccc(F)cc1)C(C)(C)CC. The molecule has 96 valence electrons. The number of nitrogens with one attached hydrogen (secondary N) is 1. The van der Waals surface area contributed by atoms with Crippen LogP contribution in [0.1, 0.15) is 52.1 Å². The Morgan fingerprint density at radius 1 is 1.18 bits per heavy atom. The Kier molecular flexibility index (Phi) is 5.13. The molecule has 1 unspecified atom stereocenters. The molecular formula is C15H24FN. The van der Waals surface area contributed by atoms with Crippen LogP contribution in [-0.2, 0) is 0 Å². The average molecular weight is 237 g/mol. The van der Waals surface area contributed by atoms with Gasteiger partial charge in [0.25, 0.3) is 0 Å². The van der Waals surface area contributed by atoms with Crippen LogP contribution in [0, 0.1) is 11.2 Å². The molecule has 17 heavy (non-hydrogen) atoms. The van der Waals surface area contributed by atoms with E-state index in [9.17, 15) is 4.39 Å². The van der Waals surface area contributed by atoms with Crippen molar-refractivity contribution >= 4 is 0 Å². The summed E-state index contributed by atoms with van der Waals surface area (Å²) in [4.78, 5) is 0. The third-order valence-corrected chi connectivity index (χ3v) is 3.49. The number of benzene rings is 1. The maximum atomic E-state index is 13.0. The molecule has 1 nitrogen and oxygen atoms in total. The van der Waals surface area contributed by atoms with Gasteiger partial charge in [-0.1, -0.05) is 39.8 Å². The first-order chi connectivity index (χ1) is 8.01. The summed E-state index contributed by atoms with van der Waals surface area (Å²) in [5.74, 6) is -0.169. The molecule has 0 fully saturated rings. The molecule has 0 saturated carbocycles. The Hall–Kier alpha value is -0.890. The molecule has 0 saturated heterocycles. The average Bonchev–Trinajstić information content (AvgIpc) is 2.31. The van der Waals surface area contributed by atoms with Gasteiger partial charge in [-0.15, -0.1) is 0 Å². The molecule has 0 aliphatic carbocycles. The van der Waals surface area contributed by atoms with Gasteiger partial charge in [0.1, 0.15) is 5.82 Å². The molecule has 1 rings (SSSR count). The number of hydrogen-bond acceptors (Lipinski definition) is 1. The zero-order valence-corrected chi connectivity index (χ0v) is 11.4. The summed E-state index contributed by atoms with van der Waals surface area (Å²) in [6, 6.07) is 7.15. The second-order valence-electron chi connectivity index (χ2n) is 5.28. The highest BCUT2D eigenvalue weighted by Crippen LogP contribution is 2.36. The summed E-state index contributed by atoms with van der Waals surface area (Å²) in [5, 5.41) is 3.57. The molecule has 0 heterocycles. The molecule has 2 heteroatoms. The lowest BCUT2D eigenvalue weighted by Gasteiger charge is -2.35. The number of rotatable bonds is 6. The van der Waals surface area contributed by atoms with Gasteiger partial charge in [-0.2, -0.15) is 0 Å². The van der Waals surface area contributed by atoms with Crippen molar-refractivity contribution in [1.82, 2.24) is 5.32 Å². The Labute approximate surface area is 104 Å². The summed E-state index contributed by atoms with van der Waals surface area (Å²) in [6.07, 6.45) is 2.20. The van der Waals surface area contributed by atoms with Gasteiger partial charge >= 0.3 is 0 Å². The fraction of sp³-hybridized carbons (Fsp3) is 0.600. The van der Waals surface area contributed by atoms with Gasteiger partial charge in [0, 0.05) is 6.04 Å². The Bertz CT molecular complexity index is 329. The first-order valence-corrected chi connectivity index (χ1v) is 6.50. The van der Waals surface area contributed by atoms with E-state index in [4.69, 9.17) is 0 Å². The van der Waals surface area contributed by atoms with E-state index in [0.29, 0.717) is 0 Å². The quantitative estimate of drug-likeness (QED) is 0.777. The van der Waals surface area contributed by atoms with Gasteiger partial charge in [-0.05, 0) is 42.5 Å². The standard InChI is InChI=1S/C15H24FN/c1-5-11-17-14(15(3,4)6-2)12-7-9-13(16)10-8-12/h7-10,14,17H,5-6,11H2,1-4H3. The van der Waals surface area contributed by atoms with E-state index >= 15 is 0 Å². The maximum Gasteiger partial charge on any atom is 0.123 e. The zero-order valence-electron chi connectivity index (χ0n) is 11.4. The highest BCUT2D eigenvalue weighted by Gasteiger charge is 2.28. The highest BCUT2D eigenvalue weighted by atomic mass is 19.1. The van der Waals surface area contributed by atoms with Crippen molar-refractivity contribution in [1.29, 1.82) is 0 Å². The minimum atomic E-state index is -0.169. The van der Waals surface area contributed by atoms with E-state index in [0.717, 1.165) is 19.4 Å². The van der Waals surface area contributed by atoms with Gasteiger partial charge in [0.15, 0.2) is 0 Å². The third kappa shape index (κ3) is 3.81. The minimum absolute atomic E-state index is 0.169. The first kappa shape index (κ1) is 14.2. The fourth-order valence-corrected chi connectivity index (χ4v) is 1.99. The summed E-state index contributed by atoms with van der Waals surface area (Å²) in [7, 11) is 0. The monoisotopic (exact) mass is 237 g/mol. The van der Waals surface area contributed by atoms with Crippen molar-refractivity contribution in [2.24, 2.45) is 5.41 Å². The lowest BCUT2D eigenvalue weighted by molar-refractivity contribution is 0.234. The number of halogens is 1. The topological polar surface area (TPSA) is 12.0 Å². The van der Waals surface area contributed by atoms with Gasteiger partial charge in [0.2, 0.25) is 0 Å². The minimum Gasteiger partial charge on any atom is -0.309 e. The zero-order chi connectivity index (χ0) is 12.9. The summed E-state index contributed by atoms with van der Waals surface area (Å²) in [6.45, 7) is 9.86. The van der Waals surface area contributed by atoms with Crippen molar-refractivity contribution in [3.63, 3.8) is 0 Å². The molecule has 0 bridgehead atoms. The molecule has 1 aromatic rings. The van der Waals surface area contributed by atoms with E-state index in [1.807, 2.05) is 12.1 Å². The Morgan fingerprint density at radius 2 is 1.76 bits per heavy atom. The Balaban J connectivity index is 2.93. The second kappa shape index (κ2) is 6.15. The molecule has 0 aliphatic rings. The fourth-order valence-electron chi connectivity index (χ4n) is 1.99.